The van der Waals surface area contributed by atoms with Crippen LogP contribution < -0.4 is 5.56 Å². The zero-order valence-electron chi connectivity index (χ0n) is 9.35. The lowest BCUT2D eigenvalue weighted by Gasteiger charge is -2.05. The van der Waals surface area contributed by atoms with Crippen molar-refractivity contribution in [2.24, 2.45) is 0 Å². The minimum absolute atomic E-state index is 0.113. The molecule has 0 radical (unpaired) electrons. The fourth-order valence-electron chi connectivity index (χ4n) is 1.37. The van der Waals surface area contributed by atoms with E-state index in [4.69, 9.17) is 0 Å². The molecule has 0 saturated heterocycles. The summed E-state index contributed by atoms with van der Waals surface area (Å²) in [6, 6.07) is 10.1. The van der Waals surface area contributed by atoms with Gasteiger partial charge in [0, 0.05) is 10.6 Å². The molecule has 0 spiro atoms. The van der Waals surface area contributed by atoms with Crippen LogP contribution in [-0.4, -0.2) is 15.5 Å². The van der Waals surface area contributed by atoms with Crippen molar-refractivity contribution in [3.05, 3.63) is 55.8 Å². The Morgan fingerprint density at radius 3 is 2.67 bits per heavy atom. The monoisotopic (exact) mass is 388 g/mol. The van der Waals surface area contributed by atoms with Gasteiger partial charge < -0.3 is 0 Å². The van der Waals surface area contributed by atoms with E-state index in [0.29, 0.717) is 15.5 Å². The Labute approximate surface area is 126 Å². The SMILES string of the molecule is O=c1c(Br)c(Br)cnn1CCSc1ccccc1. The summed E-state index contributed by atoms with van der Waals surface area (Å²) in [5.74, 6) is 0.811. The van der Waals surface area contributed by atoms with E-state index in [9.17, 15) is 4.79 Å². The molecule has 0 aliphatic carbocycles. The van der Waals surface area contributed by atoms with Crippen molar-refractivity contribution >= 4 is 43.6 Å². The second-order valence-corrected chi connectivity index (χ2v) is 6.31. The average molecular weight is 390 g/mol. The maximum Gasteiger partial charge on any atom is 0.282 e. The van der Waals surface area contributed by atoms with Crippen LogP contribution in [0, 0.1) is 0 Å². The molecule has 2 aromatic rings. The van der Waals surface area contributed by atoms with Crippen molar-refractivity contribution < 1.29 is 0 Å². The zero-order chi connectivity index (χ0) is 13.0. The standard InChI is InChI=1S/C12H10Br2N2OS/c13-10-8-15-16(12(17)11(10)14)6-7-18-9-4-2-1-3-5-9/h1-5,8H,6-7H2. The van der Waals surface area contributed by atoms with Gasteiger partial charge in [-0.15, -0.1) is 11.8 Å². The molecule has 0 unspecified atom stereocenters. The van der Waals surface area contributed by atoms with E-state index < -0.39 is 0 Å². The third-order valence-corrected chi connectivity index (χ3v) is 5.15. The number of aromatic nitrogens is 2. The quantitative estimate of drug-likeness (QED) is 0.750. The van der Waals surface area contributed by atoms with Gasteiger partial charge in [0.2, 0.25) is 0 Å². The molecule has 0 atom stereocenters. The summed E-state index contributed by atoms with van der Waals surface area (Å²) in [4.78, 5) is 13.0. The van der Waals surface area contributed by atoms with Crippen molar-refractivity contribution in [3.63, 3.8) is 0 Å². The summed E-state index contributed by atoms with van der Waals surface area (Å²) >= 11 is 8.20. The van der Waals surface area contributed by atoms with Gasteiger partial charge in [-0.05, 0) is 44.0 Å². The van der Waals surface area contributed by atoms with Crippen molar-refractivity contribution in [2.75, 3.05) is 5.75 Å². The highest BCUT2D eigenvalue weighted by molar-refractivity contribution is 9.13. The number of benzene rings is 1. The third kappa shape index (κ3) is 3.46. The van der Waals surface area contributed by atoms with E-state index in [1.807, 2.05) is 18.2 Å². The molecule has 94 valence electrons. The van der Waals surface area contributed by atoms with Crippen LogP contribution in [-0.2, 0) is 6.54 Å². The second-order valence-electron chi connectivity index (χ2n) is 3.50. The summed E-state index contributed by atoms with van der Waals surface area (Å²) in [5, 5.41) is 4.08. The summed E-state index contributed by atoms with van der Waals surface area (Å²) in [6.07, 6.45) is 1.62. The highest BCUT2D eigenvalue weighted by atomic mass is 79.9. The number of nitrogens with zero attached hydrogens (tertiary/aromatic N) is 2. The fraction of sp³-hybridized carbons (Fsp3) is 0.167. The van der Waals surface area contributed by atoms with Crippen LogP contribution in [0.1, 0.15) is 0 Å². The van der Waals surface area contributed by atoms with Gasteiger partial charge in [0.1, 0.15) is 4.47 Å². The van der Waals surface area contributed by atoms with E-state index in [0.717, 1.165) is 5.75 Å². The minimum atomic E-state index is -0.113. The Hall–Kier alpha value is -0.590. The Morgan fingerprint density at radius 1 is 1.22 bits per heavy atom. The zero-order valence-corrected chi connectivity index (χ0v) is 13.3. The van der Waals surface area contributed by atoms with Gasteiger partial charge in [-0.25, -0.2) is 4.68 Å². The molecular weight excluding hydrogens is 380 g/mol. The van der Waals surface area contributed by atoms with Crippen LogP contribution in [0.4, 0.5) is 0 Å². The lowest BCUT2D eigenvalue weighted by molar-refractivity contribution is 0.615. The normalized spacial score (nSPS) is 10.6. The predicted octanol–water partition coefficient (Wildman–Crippen LogP) is 3.56. The predicted molar refractivity (Wildman–Crippen MR) is 81.1 cm³/mol. The van der Waals surface area contributed by atoms with Gasteiger partial charge in [0.15, 0.2) is 0 Å². The van der Waals surface area contributed by atoms with Crippen LogP contribution in [0.2, 0.25) is 0 Å². The molecule has 1 heterocycles. The van der Waals surface area contributed by atoms with Crippen LogP contribution in [0.3, 0.4) is 0 Å². The first kappa shape index (κ1) is 13.8. The summed E-state index contributed by atoms with van der Waals surface area (Å²) in [7, 11) is 0. The van der Waals surface area contributed by atoms with Gasteiger partial charge in [-0.1, -0.05) is 18.2 Å². The smallest absolute Gasteiger partial charge is 0.266 e. The summed E-state index contributed by atoms with van der Waals surface area (Å²) < 4.78 is 2.66. The van der Waals surface area contributed by atoms with E-state index in [1.165, 1.54) is 9.58 Å². The first-order chi connectivity index (χ1) is 8.68. The number of hydrogen-bond donors (Lipinski definition) is 0. The summed E-state index contributed by atoms with van der Waals surface area (Å²) in [6.45, 7) is 0.588. The maximum atomic E-state index is 11.8. The number of thioether (sulfide) groups is 1. The second kappa shape index (κ2) is 6.54. The van der Waals surface area contributed by atoms with Crippen molar-refractivity contribution in [1.29, 1.82) is 0 Å². The molecule has 1 aromatic carbocycles. The first-order valence-electron chi connectivity index (χ1n) is 5.27. The number of hydrogen-bond acceptors (Lipinski definition) is 3. The molecule has 0 aliphatic rings. The van der Waals surface area contributed by atoms with E-state index in [1.54, 1.807) is 18.0 Å². The highest BCUT2D eigenvalue weighted by Crippen LogP contribution is 2.18. The molecule has 2 rings (SSSR count). The lowest BCUT2D eigenvalue weighted by atomic mass is 10.4. The molecule has 0 N–H and O–H groups in total. The largest absolute Gasteiger partial charge is 0.282 e. The Morgan fingerprint density at radius 2 is 1.94 bits per heavy atom. The third-order valence-electron chi connectivity index (χ3n) is 2.26. The van der Waals surface area contributed by atoms with Crippen LogP contribution in [0.25, 0.3) is 0 Å². The van der Waals surface area contributed by atoms with Crippen LogP contribution in [0.5, 0.6) is 0 Å². The van der Waals surface area contributed by atoms with Gasteiger partial charge in [0.05, 0.1) is 17.2 Å². The van der Waals surface area contributed by atoms with E-state index in [2.05, 4.69) is 49.1 Å². The minimum Gasteiger partial charge on any atom is -0.266 e. The van der Waals surface area contributed by atoms with Gasteiger partial charge in [0.25, 0.3) is 5.56 Å². The molecule has 0 fully saturated rings. The molecule has 6 heteroatoms. The topological polar surface area (TPSA) is 34.9 Å². The van der Waals surface area contributed by atoms with Gasteiger partial charge >= 0.3 is 0 Å². The molecule has 1 aromatic heterocycles. The van der Waals surface area contributed by atoms with Crippen LogP contribution >= 0.6 is 43.6 Å². The molecule has 0 aliphatic heterocycles. The fourth-order valence-corrected chi connectivity index (χ4v) is 2.79. The molecule has 0 saturated carbocycles. The van der Waals surface area contributed by atoms with Crippen LogP contribution in [0.15, 0.2) is 55.2 Å². The highest BCUT2D eigenvalue weighted by Gasteiger charge is 2.06. The van der Waals surface area contributed by atoms with Crippen molar-refractivity contribution in [1.82, 2.24) is 9.78 Å². The van der Waals surface area contributed by atoms with Crippen molar-refractivity contribution in [2.45, 2.75) is 11.4 Å². The molecule has 3 nitrogen and oxygen atoms in total. The summed E-state index contributed by atoms with van der Waals surface area (Å²) in [5.41, 5.74) is -0.113. The van der Waals surface area contributed by atoms with Gasteiger partial charge in [-0.3, -0.25) is 4.79 Å². The molecule has 18 heavy (non-hydrogen) atoms. The number of halogens is 2. The Balaban J connectivity index is 1.99. The lowest BCUT2D eigenvalue weighted by Crippen LogP contribution is -2.24. The molecule has 0 bridgehead atoms. The van der Waals surface area contributed by atoms with Crippen molar-refractivity contribution in [3.8, 4) is 0 Å². The van der Waals surface area contributed by atoms with E-state index >= 15 is 0 Å². The maximum absolute atomic E-state index is 11.8. The number of aryl methyl sites for hydroxylation is 1. The number of rotatable bonds is 4. The van der Waals surface area contributed by atoms with Gasteiger partial charge in [-0.2, -0.15) is 5.10 Å². The Bertz CT molecular complexity index is 586. The average Bonchev–Trinajstić information content (AvgIpc) is 2.40. The molecule has 0 amide bonds. The van der Waals surface area contributed by atoms with E-state index in [-0.39, 0.29) is 5.56 Å². The molecular formula is C12H10Br2N2OS. The first-order valence-corrected chi connectivity index (χ1v) is 7.84. The Kier molecular flexibility index (Phi) is 5.03.